The fraction of sp³-hybridized carbons (Fsp3) is 0.462. The summed E-state index contributed by atoms with van der Waals surface area (Å²) in [4.78, 5) is 10.2. The smallest absolute Gasteiger partial charge is 0.335 e. The Bertz CT molecular complexity index is 707. The lowest BCUT2D eigenvalue weighted by atomic mass is 9.91. The van der Waals surface area contributed by atoms with Crippen molar-refractivity contribution in [3.63, 3.8) is 0 Å². The zero-order valence-corrected chi connectivity index (χ0v) is 11.8. The number of aliphatic hydroxyl groups is 1. The van der Waals surface area contributed by atoms with Crippen molar-refractivity contribution in [1.82, 2.24) is 4.31 Å². The van der Waals surface area contributed by atoms with Crippen LogP contribution in [-0.4, -0.2) is 47.6 Å². The second kappa shape index (κ2) is 4.49. The summed E-state index contributed by atoms with van der Waals surface area (Å²) in [5.41, 5.74) is -1.31. The maximum atomic E-state index is 13.9. The van der Waals surface area contributed by atoms with Gasteiger partial charge in [0.15, 0.2) is 0 Å². The number of benzene rings is 1. The molecule has 1 saturated heterocycles. The Morgan fingerprint density at radius 2 is 1.95 bits per heavy atom. The molecule has 1 aliphatic heterocycles. The first-order chi connectivity index (χ1) is 9.74. The van der Waals surface area contributed by atoms with E-state index >= 15 is 0 Å². The van der Waals surface area contributed by atoms with E-state index < -0.39 is 32.3 Å². The van der Waals surface area contributed by atoms with Gasteiger partial charge in [-0.25, -0.2) is 17.6 Å². The Morgan fingerprint density at radius 3 is 2.43 bits per heavy atom. The topological polar surface area (TPSA) is 94.9 Å². The first-order valence-corrected chi connectivity index (χ1v) is 7.93. The molecule has 2 N–H and O–H groups in total. The van der Waals surface area contributed by atoms with Crippen LogP contribution in [0.15, 0.2) is 23.1 Å². The highest BCUT2D eigenvalue weighted by molar-refractivity contribution is 7.89. The molecule has 2 fully saturated rings. The molecule has 0 spiro atoms. The maximum absolute atomic E-state index is 13.9. The fourth-order valence-corrected chi connectivity index (χ4v) is 4.21. The second-order valence-electron chi connectivity index (χ2n) is 5.60. The van der Waals surface area contributed by atoms with Gasteiger partial charge in [-0.2, -0.15) is 4.31 Å². The molecule has 6 nitrogen and oxygen atoms in total. The number of carbonyl (C=O) groups is 1. The van der Waals surface area contributed by atoms with Crippen molar-refractivity contribution in [3.8, 4) is 0 Å². The molecule has 3 rings (SSSR count). The standard InChI is InChI=1S/C13H14FNO5S/c14-10-5-8(12(16)17)1-4-11(10)21(19,20)15-6-13(18,7-15)9-2-3-9/h1,4-5,9,18H,2-3,6-7H2,(H,16,17). The summed E-state index contributed by atoms with van der Waals surface area (Å²) >= 11 is 0. The summed E-state index contributed by atoms with van der Waals surface area (Å²) in [6.45, 7) is -0.0831. The molecule has 114 valence electrons. The van der Waals surface area contributed by atoms with E-state index in [1.54, 1.807) is 0 Å². The van der Waals surface area contributed by atoms with Crippen molar-refractivity contribution >= 4 is 16.0 Å². The van der Waals surface area contributed by atoms with Crippen LogP contribution in [0, 0.1) is 11.7 Å². The van der Waals surface area contributed by atoms with Crippen molar-refractivity contribution in [3.05, 3.63) is 29.6 Å². The van der Waals surface area contributed by atoms with Gasteiger partial charge in [-0.15, -0.1) is 0 Å². The van der Waals surface area contributed by atoms with E-state index in [-0.39, 0.29) is 24.6 Å². The third-order valence-electron chi connectivity index (χ3n) is 4.03. The number of halogens is 1. The molecule has 0 radical (unpaired) electrons. The van der Waals surface area contributed by atoms with Gasteiger partial charge in [0.2, 0.25) is 10.0 Å². The lowest BCUT2D eigenvalue weighted by Gasteiger charge is -2.45. The number of carboxylic acids is 1. The minimum atomic E-state index is -4.05. The summed E-state index contributed by atoms with van der Waals surface area (Å²) in [5, 5.41) is 18.9. The van der Waals surface area contributed by atoms with E-state index in [1.165, 1.54) is 0 Å². The van der Waals surface area contributed by atoms with Crippen LogP contribution in [0.1, 0.15) is 23.2 Å². The predicted octanol–water partition coefficient (Wildman–Crippen LogP) is 0.669. The number of rotatable bonds is 4. The van der Waals surface area contributed by atoms with Crippen LogP contribution in [0.25, 0.3) is 0 Å². The van der Waals surface area contributed by atoms with Crippen LogP contribution in [0.2, 0.25) is 0 Å². The van der Waals surface area contributed by atoms with E-state index in [0.29, 0.717) is 6.07 Å². The van der Waals surface area contributed by atoms with Gasteiger partial charge >= 0.3 is 5.97 Å². The molecule has 1 saturated carbocycles. The molecular weight excluding hydrogens is 301 g/mol. The highest BCUT2D eigenvalue weighted by atomic mass is 32.2. The van der Waals surface area contributed by atoms with Crippen molar-refractivity contribution in [1.29, 1.82) is 0 Å². The molecule has 0 bridgehead atoms. The number of hydrogen-bond donors (Lipinski definition) is 2. The van der Waals surface area contributed by atoms with Gasteiger partial charge in [-0.3, -0.25) is 0 Å². The average Bonchev–Trinajstić information content (AvgIpc) is 3.18. The SMILES string of the molecule is O=C(O)c1ccc(S(=O)(=O)N2CC(O)(C3CC3)C2)c(F)c1. The molecule has 21 heavy (non-hydrogen) atoms. The first kappa shape index (κ1) is 14.4. The molecule has 1 heterocycles. The quantitative estimate of drug-likeness (QED) is 0.851. The van der Waals surface area contributed by atoms with Gasteiger partial charge in [0.25, 0.3) is 0 Å². The molecule has 0 atom stereocenters. The maximum Gasteiger partial charge on any atom is 0.335 e. The zero-order valence-electron chi connectivity index (χ0n) is 11.0. The van der Waals surface area contributed by atoms with E-state index in [4.69, 9.17) is 5.11 Å². The van der Waals surface area contributed by atoms with E-state index in [0.717, 1.165) is 29.3 Å². The van der Waals surface area contributed by atoms with Crippen LogP contribution in [0.4, 0.5) is 4.39 Å². The molecule has 1 aromatic carbocycles. The van der Waals surface area contributed by atoms with Crippen LogP contribution in [0.3, 0.4) is 0 Å². The third kappa shape index (κ3) is 2.33. The molecule has 0 unspecified atom stereocenters. The molecule has 8 heteroatoms. The molecule has 0 aromatic heterocycles. The van der Waals surface area contributed by atoms with E-state index in [9.17, 15) is 22.7 Å². The minimum absolute atomic E-state index is 0.0415. The lowest BCUT2D eigenvalue weighted by Crippen LogP contribution is -2.64. The van der Waals surface area contributed by atoms with Crippen LogP contribution < -0.4 is 0 Å². The Kier molecular flexibility index (Phi) is 3.09. The van der Waals surface area contributed by atoms with Crippen molar-refractivity contribution in [2.75, 3.05) is 13.1 Å². The first-order valence-electron chi connectivity index (χ1n) is 6.49. The number of hydrogen-bond acceptors (Lipinski definition) is 4. The van der Waals surface area contributed by atoms with Crippen LogP contribution in [0.5, 0.6) is 0 Å². The summed E-state index contributed by atoms with van der Waals surface area (Å²) in [6, 6.07) is 2.68. The molecule has 2 aliphatic rings. The summed E-state index contributed by atoms with van der Waals surface area (Å²) < 4.78 is 39.4. The van der Waals surface area contributed by atoms with Crippen molar-refractivity contribution in [2.45, 2.75) is 23.3 Å². The Balaban J connectivity index is 1.84. The predicted molar refractivity (Wildman–Crippen MR) is 69.8 cm³/mol. The summed E-state index contributed by atoms with van der Waals surface area (Å²) in [5.74, 6) is -2.30. The third-order valence-corrected chi connectivity index (χ3v) is 5.86. The van der Waals surface area contributed by atoms with Gasteiger partial charge in [0.1, 0.15) is 10.7 Å². The summed E-state index contributed by atoms with van der Waals surface area (Å²) in [6.07, 6.45) is 1.76. The van der Waals surface area contributed by atoms with Gasteiger partial charge < -0.3 is 10.2 Å². The number of sulfonamides is 1. The highest BCUT2D eigenvalue weighted by Crippen LogP contribution is 2.45. The average molecular weight is 315 g/mol. The second-order valence-corrected chi connectivity index (χ2v) is 7.51. The number of carboxylic acid groups (broad SMARTS) is 1. The minimum Gasteiger partial charge on any atom is -0.478 e. The molecule has 0 amide bonds. The molecule has 1 aliphatic carbocycles. The lowest BCUT2D eigenvalue weighted by molar-refractivity contribution is -0.0765. The number of β-amino-alcohol motifs (C(OH)–C–C–N with tert-alkyl or cyclic N) is 1. The number of aromatic carboxylic acids is 1. The van der Waals surface area contributed by atoms with Crippen LogP contribution in [-0.2, 0) is 10.0 Å². The van der Waals surface area contributed by atoms with Gasteiger partial charge in [0.05, 0.1) is 11.2 Å². The van der Waals surface area contributed by atoms with E-state index in [1.807, 2.05) is 0 Å². The number of nitrogens with zero attached hydrogens (tertiary/aromatic N) is 1. The van der Waals surface area contributed by atoms with Gasteiger partial charge in [-0.05, 0) is 37.0 Å². The van der Waals surface area contributed by atoms with Gasteiger partial charge in [0, 0.05) is 13.1 Å². The normalized spacial score (nSPS) is 21.8. The van der Waals surface area contributed by atoms with Crippen LogP contribution >= 0.6 is 0 Å². The van der Waals surface area contributed by atoms with Gasteiger partial charge in [-0.1, -0.05) is 0 Å². The van der Waals surface area contributed by atoms with Crippen molar-refractivity contribution in [2.24, 2.45) is 5.92 Å². The zero-order chi connectivity index (χ0) is 15.4. The monoisotopic (exact) mass is 315 g/mol. The Hall–Kier alpha value is -1.51. The Morgan fingerprint density at radius 1 is 1.33 bits per heavy atom. The fourth-order valence-electron chi connectivity index (χ4n) is 2.60. The van der Waals surface area contributed by atoms with Crippen molar-refractivity contribution < 1.29 is 27.8 Å². The molecular formula is C13H14FNO5S. The summed E-state index contributed by atoms with van der Waals surface area (Å²) in [7, 11) is -4.05. The highest BCUT2D eigenvalue weighted by Gasteiger charge is 2.55. The Labute approximate surface area is 120 Å². The van der Waals surface area contributed by atoms with E-state index in [2.05, 4.69) is 0 Å². The largest absolute Gasteiger partial charge is 0.478 e. The molecule has 1 aromatic rings.